The van der Waals surface area contributed by atoms with Crippen molar-refractivity contribution in [3.05, 3.63) is 108 Å². The summed E-state index contributed by atoms with van der Waals surface area (Å²) in [6, 6.07) is 17.3. The van der Waals surface area contributed by atoms with Gasteiger partial charge in [-0.1, -0.05) is 30.3 Å². The number of nitrogens with one attached hydrogen (secondary N) is 3. The highest BCUT2D eigenvalue weighted by molar-refractivity contribution is 5.96. The van der Waals surface area contributed by atoms with E-state index in [1.54, 1.807) is 31.0 Å². The molecule has 196 valence electrons. The van der Waals surface area contributed by atoms with E-state index in [9.17, 15) is 0 Å². The van der Waals surface area contributed by atoms with Crippen molar-refractivity contribution in [2.75, 3.05) is 0 Å². The van der Waals surface area contributed by atoms with Gasteiger partial charge in [0.1, 0.15) is 17.0 Å². The molecule has 5 heterocycles. The number of aryl methyl sites for hydroxylation is 1. The minimum Gasteiger partial charge on any atom is -0.333 e. The summed E-state index contributed by atoms with van der Waals surface area (Å²) in [7, 11) is 0. The van der Waals surface area contributed by atoms with Crippen LogP contribution >= 0.6 is 0 Å². The van der Waals surface area contributed by atoms with Crippen LogP contribution < -0.4 is 5.32 Å². The summed E-state index contributed by atoms with van der Waals surface area (Å²) in [6.07, 6.45) is 8.87. The minimum atomic E-state index is -0.358. The Labute approximate surface area is 228 Å². The number of halogens is 1. The maximum absolute atomic E-state index is 15.3. The van der Waals surface area contributed by atoms with Crippen molar-refractivity contribution in [1.82, 2.24) is 45.0 Å². The lowest BCUT2D eigenvalue weighted by Gasteiger charge is -2.08. The fraction of sp³-hybridized carbons (Fsp3) is 0.100. The molecule has 0 atom stereocenters. The van der Waals surface area contributed by atoms with E-state index in [4.69, 9.17) is 4.98 Å². The van der Waals surface area contributed by atoms with Crippen molar-refractivity contribution in [3.8, 4) is 28.3 Å². The van der Waals surface area contributed by atoms with Crippen LogP contribution in [0.5, 0.6) is 0 Å². The van der Waals surface area contributed by atoms with Gasteiger partial charge in [-0.15, -0.1) is 0 Å². The number of rotatable bonds is 7. The molecule has 0 aliphatic heterocycles. The molecule has 0 unspecified atom stereocenters. The van der Waals surface area contributed by atoms with Crippen molar-refractivity contribution >= 4 is 22.1 Å². The van der Waals surface area contributed by atoms with Crippen molar-refractivity contribution in [2.24, 2.45) is 0 Å². The first-order valence-corrected chi connectivity index (χ1v) is 12.8. The molecule has 9 nitrogen and oxygen atoms in total. The quantitative estimate of drug-likeness (QED) is 0.252. The summed E-state index contributed by atoms with van der Waals surface area (Å²) in [4.78, 5) is 21.2. The van der Waals surface area contributed by atoms with Crippen LogP contribution in [0, 0.1) is 12.7 Å². The van der Waals surface area contributed by atoms with Crippen LogP contribution in [0.1, 0.15) is 16.8 Å². The molecule has 0 saturated carbocycles. The van der Waals surface area contributed by atoms with Crippen molar-refractivity contribution in [2.45, 2.75) is 20.0 Å². The lowest BCUT2D eigenvalue weighted by molar-refractivity contribution is 0.632. The van der Waals surface area contributed by atoms with E-state index in [0.29, 0.717) is 40.4 Å². The van der Waals surface area contributed by atoms with Gasteiger partial charge in [-0.05, 0) is 36.2 Å². The molecule has 2 aromatic carbocycles. The Morgan fingerprint density at radius 3 is 2.70 bits per heavy atom. The molecule has 0 bridgehead atoms. The molecule has 0 fully saturated rings. The number of hydrogen-bond acceptors (Lipinski definition) is 6. The van der Waals surface area contributed by atoms with Crippen LogP contribution in [0.3, 0.4) is 0 Å². The molecule has 0 spiro atoms. The third kappa shape index (κ3) is 4.40. The van der Waals surface area contributed by atoms with E-state index in [1.807, 2.05) is 48.0 Å². The van der Waals surface area contributed by atoms with Crippen LogP contribution in [-0.4, -0.2) is 39.7 Å². The summed E-state index contributed by atoms with van der Waals surface area (Å²) in [6.45, 7) is 3.28. The summed E-state index contributed by atoms with van der Waals surface area (Å²) >= 11 is 0. The molecule has 7 rings (SSSR count). The molecule has 7 aromatic rings. The topological polar surface area (TPSA) is 113 Å². The van der Waals surface area contributed by atoms with Gasteiger partial charge in [-0.25, -0.2) is 19.3 Å². The Morgan fingerprint density at radius 2 is 1.85 bits per heavy atom. The zero-order valence-electron chi connectivity index (χ0n) is 21.6. The first-order valence-electron chi connectivity index (χ1n) is 12.8. The van der Waals surface area contributed by atoms with E-state index >= 15 is 4.39 Å². The van der Waals surface area contributed by atoms with E-state index < -0.39 is 0 Å². The molecular weight excluding hydrogens is 505 g/mol. The zero-order valence-corrected chi connectivity index (χ0v) is 21.6. The highest BCUT2D eigenvalue weighted by Gasteiger charge is 2.18. The molecular formula is C30H24FN9. The second kappa shape index (κ2) is 9.83. The smallest absolute Gasteiger partial charge is 0.180 e. The van der Waals surface area contributed by atoms with Gasteiger partial charge in [0.15, 0.2) is 11.5 Å². The molecule has 10 heteroatoms. The highest BCUT2D eigenvalue weighted by atomic mass is 19.1. The van der Waals surface area contributed by atoms with Crippen LogP contribution in [0.25, 0.3) is 50.4 Å². The maximum atomic E-state index is 15.3. The molecule has 0 amide bonds. The van der Waals surface area contributed by atoms with Gasteiger partial charge in [-0.2, -0.15) is 5.10 Å². The average Bonchev–Trinajstić information content (AvgIpc) is 3.71. The van der Waals surface area contributed by atoms with Gasteiger partial charge < -0.3 is 14.9 Å². The molecule has 0 aliphatic carbocycles. The van der Waals surface area contributed by atoms with Gasteiger partial charge in [0.05, 0.1) is 23.2 Å². The van der Waals surface area contributed by atoms with Gasteiger partial charge in [-0.3, -0.25) is 10.1 Å². The minimum absolute atomic E-state index is 0.358. The van der Waals surface area contributed by atoms with Crippen LogP contribution in [0.2, 0.25) is 0 Å². The van der Waals surface area contributed by atoms with E-state index in [1.165, 1.54) is 11.6 Å². The molecule has 0 aliphatic rings. The summed E-state index contributed by atoms with van der Waals surface area (Å²) in [5, 5.41) is 11.6. The largest absolute Gasteiger partial charge is 0.333 e. The number of benzene rings is 2. The summed E-state index contributed by atoms with van der Waals surface area (Å²) < 4.78 is 17.2. The SMILES string of the molecule is Cc1cn(-c2ccnc3nc(-c4n[nH]c5cc(F)c(-c6cncc(CNCc7ccccc7)c6)cc45)[nH]c23)cn1. The fourth-order valence-corrected chi connectivity index (χ4v) is 4.90. The van der Waals surface area contributed by atoms with E-state index in [2.05, 4.69) is 47.6 Å². The number of H-pyrrole nitrogens is 2. The summed E-state index contributed by atoms with van der Waals surface area (Å²) in [5.74, 6) is 0.176. The second-order valence-corrected chi connectivity index (χ2v) is 9.66. The first kappa shape index (κ1) is 23.9. The number of aromatic nitrogens is 8. The molecule has 40 heavy (non-hydrogen) atoms. The number of fused-ring (bicyclic) bond motifs is 2. The normalized spacial score (nSPS) is 11.6. The maximum Gasteiger partial charge on any atom is 0.180 e. The van der Waals surface area contributed by atoms with Crippen LogP contribution in [-0.2, 0) is 13.1 Å². The van der Waals surface area contributed by atoms with Crippen LogP contribution in [0.15, 0.2) is 85.7 Å². The van der Waals surface area contributed by atoms with E-state index in [-0.39, 0.29) is 5.82 Å². The second-order valence-electron chi connectivity index (χ2n) is 9.66. The molecule has 3 N–H and O–H groups in total. The Balaban J connectivity index is 1.22. The highest BCUT2D eigenvalue weighted by Crippen LogP contribution is 2.33. The standard InChI is InChI=1S/C30H24FN9/c1-18-16-40(17-35-18)26-7-8-34-29-28(26)36-30(37-29)27-23-10-22(24(31)11-25(23)38-39-27)21-9-20(14-33-15-21)13-32-12-19-5-3-2-4-6-19/h2-11,14-17,32H,12-13H2,1H3,(H,38,39)(H,34,36,37). The number of aromatic amines is 2. The van der Waals surface area contributed by atoms with E-state index in [0.717, 1.165) is 34.4 Å². The Bertz CT molecular complexity index is 1970. The Kier molecular flexibility index (Phi) is 5.86. The van der Waals surface area contributed by atoms with Gasteiger partial charge in [0, 0.05) is 60.5 Å². The number of pyridine rings is 2. The fourth-order valence-electron chi connectivity index (χ4n) is 4.90. The third-order valence-electron chi connectivity index (χ3n) is 6.84. The molecule has 5 aromatic heterocycles. The first-order chi connectivity index (χ1) is 19.6. The zero-order chi connectivity index (χ0) is 27.1. The monoisotopic (exact) mass is 529 g/mol. The van der Waals surface area contributed by atoms with Crippen molar-refractivity contribution in [1.29, 1.82) is 0 Å². The van der Waals surface area contributed by atoms with Gasteiger partial charge in [0.2, 0.25) is 0 Å². The predicted octanol–water partition coefficient (Wildman–Crippen LogP) is 5.49. The van der Waals surface area contributed by atoms with Crippen molar-refractivity contribution < 1.29 is 4.39 Å². The predicted molar refractivity (Wildman–Crippen MR) is 151 cm³/mol. The number of hydrogen-bond donors (Lipinski definition) is 3. The number of nitrogens with zero attached hydrogens (tertiary/aromatic N) is 6. The summed E-state index contributed by atoms with van der Waals surface area (Å²) in [5.41, 5.74) is 7.54. The molecule has 0 radical (unpaired) electrons. The van der Waals surface area contributed by atoms with Gasteiger partial charge >= 0.3 is 0 Å². The number of imidazole rings is 2. The Morgan fingerprint density at radius 1 is 0.975 bits per heavy atom. The van der Waals surface area contributed by atoms with Crippen molar-refractivity contribution in [3.63, 3.8) is 0 Å². The van der Waals surface area contributed by atoms with Crippen LogP contribution in [0.4, 0.5) is 4.39 Å². The lowest BCUT2D eigenvalue weighted by atomic mass is 10.0. The molecule has 0 saturated heterocycles. The third-order valence-corrected chi connectivity index (χ3v) is 6.84. The average molecular weight is 530 g/mol. The van der Waals surface area contributed by atoms with Gasteiger partial charge in [0.25, 0.3) is 0 Å². The Hall–Kier alpha value is -5.22. The lowest BCUT2D eigenvalue weighted by Crippen LogP contribution is -2.12.